The Labute approximate surface area is 161 Å². The van der Waals surface area contributed by atoms with E-state index in [9.17, 15) is 9.59 Å². The van der Waals surface area contributed by atoms with Crippen LogP contribution in [0.4, 0.5) is 9.59 Å². The SMILES string of the molecule is CCOC(=O)N1CCN(C(=O)NCOc2ccc(C)cc2C(C)(C)C)CC1. The molecule has 2 rings (SSSR count). The summed E-state index contributed by atoms with van der Waals surface area (Å²) in [6.07, 6.45) is -0.324. The highest BCUT2D eigenvalue weighted by Gasteiger charge is 2.25. The number of ether oxygens (including phenoxy) is 2. The summed E-state index contributed by atoms with van der Waals surface area (Å²) in [6.45, 7) is 12.6. The van der Waals surface area contributed by atoms with Crippen LogP contribution >= 0.6 is 0 Å². The smallest absolute Gasteiger partial charge is 0.409 e. The molecule has 0 unspecified atom stereocenters. The zero-order valence-electron chi connectivity index (χ0n) is 17.0. The molecule has 0 saturated carbocycles. The standard InChI is InChI=1S/C20H31N3O4/c1-6-26-19(25)23-11-9-22(10-12-23)18(24)21-14-27-17-8-7-15(2)13-16(17)20(3,4)5/h7-8,13H,6,9-12,14H2,1-5H3,(H,21,24). The average Bonchev–Trinajstić information content (AvgIpc) is 2.62. The van der Waals surface area contributed by atoms with Gasteiger partial charge >= 0.3 is 12.1 Å². The maximum Gasteiger partial charge on any atom is 0.409 e. The first kappa shape index (κ1) is 20.9. The topological polar surface area (TPSA) is 71.1 Å². The number of aryl methyl sites for hydroxylation is 1. The molecule has 1 aliphatic heterocycles. The number of hydrogen-bond acceptors (Lipinski definition) is 4. The minimum absolute atomic E-state index is 0.0468. The first-order chi connectivity index (χ1) is 12.7. The predicted octanol–water partition coefficient (Wildman–Crippen LogP) is 3.11. The normalized spacial score (nSPS) is 14.7. The molecule has 7 nitrogen and oxygen atoms in total. The van der Waals surface area contributed by atoms with Crippen LogP contribution in [0.5, 0.6) is 5.75 Å². The number of piperazine rings is 1. The van der Waals surface area contributed by atoms with Crippen molar-refractivity contribution >= 4 is 12.1 Å². The molecule has 0 aliphatic carbocycles. The molecular formula is C20H31N3O4. The number of carbonyl (C=O) groups excluding carboxylic acids is 2. The van der Waals surface area contributed by atoms with Crippen LogP contribution in [0.1, 0.15) is 38.8 Å². The van der Waals surface area contributed by atoms with E-state index in [1.165, 1.54) is 5.56 Å². The Morgan fingerprint density at radius 2 is 1.74 bits per heavy atom. The van der Waals surface area contributed by atoms with Crippen LogP contribution < -0.4 is 10.1 Å². The Morgan fingerprint density at radius 3 is 2.33 bits per heavy atom. The van der Waals surface area contributed by atoms with Crippen LogP contribution in [-0.2, 0) is 10.2 Å². The van der Waals surface area contributed by atoms with Gasteiger partial charge in [-0.05, 0) is 30.9 Å². The number of rotatable bonds is 4. The Balaban J connectivity index is 1.83. The zero-order chi connectivity index (χ0) is 20.0. The van der Waals surface area contributed by atoms with Crippen LogP contribution in [0.2, 0.25) is 0 Å². The molecule has 0 bridgehead atoms. The summed E-state index contributed by atoms with van der Waals surface area (Å²) in [5, 5.41) is 2.79. The second-order valence-electron chi connectivity index (χ2n) is 7.69. The first-order valence-corrected chi connectivity index (χ1v) is 9.40. The van der Waals surface area contributed by atoms with E-state index in [-0.39, 0.29) is 24.3 Å². The van der Waals surface area contributed by atoms with E-state index in [0.717, 1.165) is 11.3 Å². The summed E-state index contributed by atoms with van der Waals surface area (Å²) < 4.78 is 10.8. The lowest BCUT2D eigenvalue weighted by atomic mass is 9.85. The summed E-state index contributed by atoms with van der Waals surface area (Å²) in [5.41, 5.74) is 2.24. The molecule has 1 saturated heterocycles. The van der Waals surface area contributed by atoms with E-state index < -0.39 is 0 Å². The van der Waals surface area contributed by atoms with Crippen molar-refractivity contribution in [3.8, 4) is 5.75 Å². The van der Waals surface area contributed by atoms with Gasteiger partial charge in [0.2, 0.25) is 0 Å². The number of benzene rings is 1. The van der Waals surface area contributed by atoms with E-state index >= 15 is 0 Å². The monoisotopic (exact) mass is 377 g/mol. The second kappa shape index (κ2) is 8.97. The molecule has 27 heavy (non-hydrogen) atoms. The fourth-order valence-electron chi connectivity index (χ4n) is 2.95. The van der Waals surface area contributed by atoms with Gasteiger partial charge in [0.25, 0.3) is 0 Å². The number of urea groups is 1. The summed E-state index contributed by atoms with van der Waals surface area (Å²) in [4.78, 5) is 27.3. The molecule has 0 aromatic heterocycles. The lowest BCUT2D eigenvalue weighted by Crippen LogP contribution is -2.53. The van der Waals surface area contributed by atoms with Gasteiger partial charge in [0.05, 0.1) is 6.61 Å². The Bertz CT molecular complexity index is 662. The number of amides is 3. The third-order valence-corrected chi connectivity index (χ3v) is 4.49. The van der Waals surface area contributed by atoms with Gasteiger partial charge in [-0.15, -0.1) is 0 Å². The minimum atomic E-state index is -0.324. The van der Waals surface area contributed by atoms with Crippen molar-refractivity contribution in [2.75, 3.05) is 39.5 Å². The zero-order valence-corrected chi connectivity index (χ0v) is 17.0. The average molecular weight is 377 g/mol. The summed E-state index contributed by atoms with van der Waals surface area (Å²) in [7, 11) is 0. The summed E-state index contributed by atoms with van der Waals surface area (Å²) in [5.74, 6) is 0.778. The third kappa shape index (κ3) is 5.77. The quantitative estimate of drug-likeness (QED) is 0.819. The van der Waals surface area contributed by atoms with Crippen molar-refractivity contribution in [3.63, 3.8) is 0 Å². The van der Waals surface area contributed by atoms with Crippen molar-refractivity contribution in [1.29, 1.82) is 0 Å². The third-order valence-electron chi connectivity index (χ3n) is 4.49. The van der Waals surface area contributed by atoms with Crippen molar-refractivity contribution in [2.45, 2.75) is 40.0 Å². The molecular weight excluding hydrogens is 346 g/mol. The van der Waals surface area contributed by atoms with Crippen molar-refractivity contribution in [3.05, 3.63) is 29.3 Å². The number of nitrogens with zero attached hydrogens (tertiary/aromatic N) is 2. The molecule has 1 aromatic carbocycles. The van der Waals surface area contributed by atoms with Gasteiger partial charge in [0, 0.05) is 26.2 Å². The fraction of sp³-hybridized carbons (Fsp3) is 0.600. The maximum absolute atomic E-state index is 12.3. The molecule has 1 N–H and O–H groups in total. The van der Waals surface area contributed by atoms with Gasteiger partial charge in [-0.2, -0.15) is 0 Å². The van der Waals surface area contributed by atoms with Crippen LogP contribution in [0.25, 0.3) is 0 Å². The largest absolute Gasteiger partial charge is 0.473 e. The lowest BCUT2D eigenvalue weighted by molar-refractivity contribution is 0.0842. The van der Waals surface area contributed by atoms with Gasteiger partial charge in [0.15, 0.2) is 6.73 Å². The van der Waals surface area contributed by atoms with E-state index in [1.807, 2.05) is 12.1 Å². The van der Waals surface area contributed by atoms with Gasteiger partial charge in [-0.1, -0.05) is 38.5 Å². The summed E-state index contributed by atoms with van der Waals surface area (Å²) >= 11 is 0. The van der Waals surface area contributed by atoms with Crippen LogP contribution in [0.15, 0.2) is 18.2 Å². The number of hydrogen-bond donors (Lipinski definition) is 1. The Morgan fingerprint density at radius 1 is 1.11 bits per heavy atom. The number of nitrogens with one attached hydrogen (secondary N) is 1. The first-order valence-electron chi connectivity index (χ1n) is 9.40. The highest BCUT2D eigenvalue weighted by molar-refractivity contribution is 5.74. The van der Waals surface area contributed by atoms with Crippen LogP contribution in [0, 0.1) is 6.92 Å². The summed E-state index contributed by atoms with van der Waals surface area (Å²) in [6, 6.07) is 5.87. The van der Waals surface area contributed by atoms with Crippen LogP contribution in [0.3, 0.4) is 0 Å². The molecule has 1 aromatic rings. The van der Waals surface area contributed by atoms with Gasteiger partial charge in [0.1, 0.15) is 5.75 Å². The van der Waals surface area contributed by atoms with Gasteiger partial charge in [-0.25, -0.2) is 9.59 Å². The maximum atomic E-state index is 12.3. The molecule has 0 radical (unpaired) electrons. The molecule has 1 aliphatic rings. The minimum Gasteiger partial charge on any atom is -0.473 e. The Hall–Kier alpha value is -2.44. The molecule has 0 spiro atoms. The van der Waals surface area contributed by atoms with E-state index in [1.54, 1.807) is 16.7 Å². The molecule has 1 heterocycles. The highest BCUT2D eigenvalue weighted by Crippen LogP contribution is 2.31. The molecule has 1 fully saturated rings. The van der Waals surface area contributed by atoms with Gasteiger partial charge < -0.3 is 24.6 Å². The fourth-order valence-corrected chi connectivity index (χ4v) is 2.95. The van der Waals surface area contributed by atoms with Crippen molar-refractivity contribution in [2.24, 2.45) is 0 Å². The van der Waals surface area contributed by atoms with E-state index in [4.69, 9.17) is 9.47 Å². The lowest BCUT2D eigenvalue weighted by Gasteiger charge is -2.34. The predicted molar refractivity (Wildman–Crippen MR) is 104 cm³/mol. The van der Waals surface area contributed by atoms with E-state index in [0.29, 0.717) is 32.8 Å². The molecule has 3 amide bonds. The second-order valence-corrected chi connectivity index (χ2v) is 7.69. The molecule has 7 heteroatoms. The van der Waals surface area contributed by atoms with Crippen molar-refractivity contribution in [1.82, 2.24) is 15.1 Å². The van der Waals surface area contributed by atoms with Crippen molar-refractivity contribution < 1.29 is 19.1 Å². The van der Waals surface area contributed by atoms with Gasteiger partial charge in [-0.3, -0.25) is 0 Å². The van der Waals surface area contributed by atoms with E-state index in [2.05, 4.69) is 39.1 Å². The van der Waals surface area contributed by atoms with Crippen LogP contribution in [-0.4, -0.2) is 61.4 Å². The highest BCUT2D eigenvalue weighted by atomic mass is 16.6. The number of carbonyl (C=O) groups is 2. The molecule has 0 atom stereocenters. The Kier molecular flexibility index (Phi) is 6.93. The molecule has 150 valence electrons.